The van der Waals surface area contributed by atoms with E-state index in [1.165, 1.54) is 0 Å². The number of nitrogens with one attached hydrogen (secondary N) is 2. The highest BCUT2D eigenvalue weighted by Crippen LogP contribution is 2.31. The molecule has 0 saturated carbocycles. The predicted molar refractivity (Wildman–Crippen MR) is 182 cm³/mol. The molecule has 27 heteroatoms. The summed E-state index contributed by atoms with van der Waals surface area (Å²) in [6, 6.07) is -3.54. The molecule has 59 heavy (non-hydrogen) atoms. The Morgan fingerprint density at radius 2 is 1.08 bits per heavy atom. The van der Waals surface area contributed by atoms with Crippen molar-refractivity contribution in [3.8, 4) is 0 Å². The second-order valence-corrected chi connectivity index (χ2v) is 13.9. The average molecular weight is 867 g/mol. The number of ether oxygens (including phenoxy) is 6. The van der Waals surface area contributed by atoms with Crippen LogP contribution in [-0.4, -0.2) is 250 Å². The third-order valence-electron chi connectivity index (χ3n) is 9.69. The molecule has 3 aliphatic heterocycles. The van der Waals surface area contributed by atoms with Gasteiger partial charge in [-0.2, -0.15) is 0 Å². The summed E-state index contributed by atoms with van der Waals surface area (Å²) in [6.45, 7) is -4.96. The molecule has 0 spiro atoms. The fourth-order valence-corrected chi connectivity index (χ4v) is 6.33. The first-order valence-electron chi connectivity index (χ1n) is 18.3. The standard InChI is InChI=1S/C32H54N2O25/c35-5-10(33-15(40)1-3-17(42)43)28(58-31-26(52)24(50)21(47)12(6-36)55-31)20(46)11(39)9-54-30-19(34-16(41)2-4-18(44)45)23(49)29(14(8-38)57-30)59-32-27(53)25(51)22(48)13(7-37)56-32/h10-14,19-32,35-39,46-53H,1-9H2,(H,33,40)(H,34,41)(H,42,43)(H,44,45)/t10-,11+,12+,13+,14+,19+,20-,21-,22-,23+,24-,25-,26+,27+,28+,29+,30+,31-,32-/m0/s1. The first kappa shape index (κ1) is 50.5. The summed E-state index contributed by atoms with van der Waals surface area (Å²) >= 11 is 0. The van der Waals surface area contributed by atoms with Crippen LogP contribution in [0, 0.1) is 0 Å². The number of carbonyl (C=O) groups is 4. The maximum absolute atomic E-state index is 12.8. The lowest BCUT2D eigenvalue weighted by atomic mass is 9.95. The highest BCUT2D eigenvalue weighted by atomic mass is 16.7. The predicted octanol–water partition coefficient (Wildman–Crippen LogP) is -10.1. The number of carboxylic acids is 2. The van der Waals surface area contributed by atoms with Gasteiger partial charge in [-0.05, 0) is 0 Å². The second-order valence-electron chi connectivity index (χ2n) is 13.9. The van der Waals surface area contributed by atoms with E-state index in [9.17, 15) is 85.6 Å². The van der Waals surface area contributed by atoms with Crippen molar-refractivity contribution < 1.29 is 124 Å². The normalized spacial score (nSPS) is 37.1. The zero-order chi connectivity index (χ0) is 44.3. The first-order chi connectivity index (χ1) is 27.8. The Morgan fingerprint density at radius 3 is 1.59 bits per heavy atom. The zero-order valence-electron chi connectivity index (χ0n) is 31.1. The molecule has 0 aromatic heterocycles. The Labute approximate surface area is 333 Å². The van der Waals surface area contributed by atoms with E-state index in [1.807, 2.05) is 0 Å². The van der Waals surface area contributed by atoms with Crippen LogP contribution in [0.2, 0.25) is 0 Å². The monoisotopic (exact) mass is 866 g/mol. The Hall–Kier alpha value is -2.88. The molecule has 3 saturated heterocycles. The van der Waals surface area contributed by atoms with Crippen LogP contribution in [0.15, 0.2) is 0 Å². The summed E-state index contributed by atoms with van der Waals surface area (Å²) in [5.41, 5.74) is 0. The summed E-state index contributed by atoms with van der Waals surface area (Å²) in [5, 5.41) is 158. The maximum Gasteiger partial charge on any atom is 0.303 e. The molecule has 3 aliphatic rings. The minimum Gasteiger partial charge on any atom is -0.481 e. The van der Waals surface area contributed by atoms with Crippen LogP contribution in [0.1, 0.15) is 25.7 Å². The lowest BCUT2D eigenvalue weighted by Crippen LogP contribution is -2.68. The third kappa shape index (κ3) is 13.3. The topological polar surface area (TPSA) is 451 Å². The van der Waals surface area contributed by atoms with Gasteiger partial charge >= 0.3 is 11.9 Å². The van der Waals surface area contributed by atoms with Gasteiger partial charge < -0.3 is 116 Å². The van der Waals surface area contributed by atoms with Gasteiger partial charge in [0.25, 0.3) is 0 Å². The van der Waals surface area contributed by atoms with E-state index in [1.54, 1.807) is 0 Å². The summed E-state index contributed by atoms with van der Waals surface area (Å²) in [7, 11) is 0. The van der Waals surface area contributed by atoms with Gasteiger partial charge in [0.15, 0.2) is 18.9 Å². The fourth-order valence-electron chi connectivity index (χ4n) is 6.33. The van der Waals surface area contributed by atoms with E-state index in [-0.39, 0.29) is 0 Å². The Bertz CT molecular complexity index is 1350. The van der Waals surface area contributed by atoms with Gasteiger partial charge in [0.2, 0.25) is 11.8 Å². The molecule has 0 aromatic carbocycles. The summed E-state index contributed by atoms with van der Waals surface area (Å²) in [5.74, 6) is -4.77. The number of amides is 2. The molecule has 0 aromatic rings. The molecule has 27 nitrogen and oxygen atoms in total. The smallest absolute Gasteiger partial charge is 0.303 e. The van der Waals surface area contributed by atoms with Crippen molar-refractivity contribution in [3.63, 3.8) is 0 Å². The number of rotatable bonds is 22. The maximum atomic E-state index is 12.8. The number of carboxylic acid groups (broad SMARTS) is 2. The number of aliphatic hydroxyl groups excluding tert-OH is 13. The van der Waals surface area contributed by atoms with Crippen molar-refractivity contribution in [1.82, 2.24) is 10.6 Å². The first-order valence-corrected chi connectivity index (χ1v) is 18.3. The van der Waals surface area contributed by atoms with Crippen LogP contribution < -0.4 is 10.6 Å². The summed E-state index contributed by atoms with van der Waals surface area (Å²) < 4.78 is 33.1. The molecular formula is C32H54N2O25. The van der Waals surface area contributed by atoms with Crippen molar-refractivity contribution in [2.75, 3.05) is 33.0 Å². The molecule has 342 valence electrons. The van der Waals surface area contributed by atoms with Crippen LogP contribution in [0.4, 0.5) is 0 Å². The highest BCUT2D eigenvalue weighted by molar-refractivity contribution is 5.81. The lowest BCUT2D eigenvalue weighted by molar-refractivity contribution is -0.350. The number of hydrogen-bond acceptors (Lipinski definition) is 23. The SMILES string of the molecule is O=C(O)CCC(=O)N[C@H]1[C@H](OC[C@@H](O)[C@H](O)[C@H](O[C@@H]2O[C@H](CO)[C@H](O)[C@H](O)[C@H]2O)[C@H](CO)NC(=O)CCC(=O)O)O[C@H](CO)[C@@H](O[C@@H]2O[C@H](CO)[C@H](O)[C@H](O)[C@H]2O)[C@@H]1O. The largest absolute Gasteiger partial charge is 0.481 e. The molecule has 2 amide bonds. The van der Waals surface area contributed by atoms with Crippen LogP contribution in [-0.2, 0) is 47.6 Å². The van der Waals surface area contributed by atoms with Crippen LogP contribution in [0.3, 0.4) is 0 Å². The van der Waals surface area contributed by atoms with Gasteiger partial charge in [-0.15, -0.1) is 0 Å². The molecule has 0 bridgehead atoms. The van der Waals surface area contributed by atoms with Crippen molar-refractivity contribution in [2.24, 2.45) is 0 Å². The molecule has 17 N–H and O–H groups in total. The zero-order valence-corrected chi connectivity index (χ0v) is 31.1. The van der Waals surface area contributed by atoms with E-state index >= 15 is 0 Å². The highest BCUT2D eigenvalue weighted by Gasteiger charge is 2.52. The van der Waals surface area contributed by atoms with Gasteiger partial charge in [0.1, 0.15) is 91.5 Å². The fraction of sp³-hybridized carbons (Fsp3) is 0.875. The number of hydrogen-bond donors (Lipinski definition) is 17. The molecule has 0 aliphatic carbocycles. The Kier molecular flexibility index (Phi) is 20.0. The molecule has 3 fully saturated rings. The van der Waals surface area contributed by atoms with Gasteiger partial charge in [-0.3, -0.25) is 19.2 Å². The minimum absolute atomic E-state index is 0.644. The van der Waals surface area contributed by atoms with Gasteiger partial charge in [-0.25, -0.2) is 0 Å². The van der Waals surface area contributed by atoms with Crippen LogP contribution in [0.5, 0.6) is 0 Å². The molecule has 19 atom stereocenters. The van der Waals surface area contributed by atoms with E-state index in [2.05, 4.69) is 10.6 Å². The average Bonchev–Trinajstić information content (AvgIpc) is 3.20. The summed E-state index contributed by atoms with van der Waals surface area (Å²) in [4.78, 5) is 47.4. The quantitative estimate of drug-likeness (QED) is 0.0480. The Balaban J connectivity index is 1.88. The molecule has 0 unspecified atom stereocenters. The van der Waals surface area contributed by atoms with Gasteiger partial charge in [0, 0.05) is 12.8 Å². The van der Waals surface area contributed by atoms with Gasteiger partial charge in [0.05, 0.1) is 51.9 Å². The number of carbonyl (C=O) groups excluding carboxylic acids is 2. The van der Waals surface area contributed by atoms with Crippen molar-refractivity contribution in [2.45, 2.75) is 142 Å². The lowest BCUT2D eigenvalue weighted by Gasteiger charge is -2.47. The second kappa shape index (κ2) is 23.4. The van der Waals surface area contributed by atoms with E-state index in [4.69, 9.17) is 38.6 Å². The van der Waals surface area contributed by atoms with Crippen LogP contribution in [0.25, 0.3) is 0 Å². The molecule has 0 radical (unpaired) electrons. The summed E-state index contributed by atoms with van der Waals surface area (Å²) in [6.07, 6.45) is -35.3. The van der Waals surface area contributed by atoms with Crippen molar-refractivity contribution >= 4 is 23.8 Å². The van der Waals surface area contributed by atoms with E-state index in [0.717, 1.165) is 0 Å². The number of aliphatic carboxylic acids is 2. The van der Waals surface area contributed by atoms with Crippen molar-refractivity contribution in [1.29, 1.82) is 0 Å². The van der Waals surface area contributed by atoms with E-state index in [0.29, 0.717) is 0 Å². The van der Waals surface area contributed by atoms with Crippen LogP contribution >= 0.6 is 0 Å². The van der Waals surface area contributed by atoms with E-state index < -0.39 is 199 Å². The molecule has 3 heterocycles. The minimum atomic E-state index is -2.31. The molecule has 3 rings (SSSR count). The molecular weight excluding hydrogens is 812 g/mol. The Morgan fingerprint density at radius 1 is 0.593 bits per heavy atom. The third-order valence-corrected chi connectivity index (χ3v) is 9.69. The van der Waals surface area contributed by atoms with Crippen molar-refractivity contribution in [3.05, 3.63) is 0 Å². The number of aliphatic hydroxyl groups is 13. The van der Waals surface area contributed by atoms with Gasteiger partial charge in [-0.1, -0.05) is 0 Å².